The number of aromatic nitrogens is 2. The van der Waals surface area contributed by atoms with E-state index in [0.717, 1.165) is 16.8 Å². The van der Waals surface area contributed by atoms with Crippen molar-refractivity contribution in [2.75, 3.05) is 35.5 Å². The Morgan fingerprint density at radius 3 is 1.54 bits per heavy atom. The fourth-order valence-corrected chi connectivity index (χ4v) is 6.40. The van der Waals surface area contributed by atoms with Gasteiger partial charge in [-0.25, -0.2) is 14.8 Å². The van der Waals surface area contributed by atoms with Gasteiger partial charge in [-0.2, -0.15) is 0 Å². The van der Waals surface area contributed by atoms with Gasteiger partial charge in [0.25, 0.3) is 0 Å². The Bertz CT molecular complexity index is 2720. The van der Waals surface area contributed by atoms with E-state index >= 15 is 0 Å². The zero-order valence-electron chi connectivity index (χ0n) is 34.1. The standard InChI is InChI=1S/C23H19NO6.C14H11NO3.C10H11BrO3.3CH4/c1-27-15-7-5-6-14(12-15)21(23(25)26)29-19-11-10-16(28-2)13-17(19)22-24-18-8-3-4-9-20(18)30-22;1-17-9-6-7-12(16)10(8-9)14-15-11-4-2-3-5-13(11)18-14;1-13-8-5-3-4-7(6-8)9(11)10(12)14-2;;;/h3-13,21H,1-2H3,(H,25,26);2-8,16H,1H3;3-6,9H,1-2H3;3*1H4. The zero-order chi connectivity index (χ0) is 44.2. The van der Waals surface area contributed by atoms with Gasteiger partial charge in [0.2, 0.25) is 17.9 Å². The molecule has 0 spiro atoms. The third-order valence-corrected chi connectivity index (χ3v) is 10.0. The van der Waals surface area contributed by atoms with Gasteiger partial charge in [-0.3, -0.25) is 4.79 Å². The summed E-state index contributed by atoms with van der Waals surface area (Å²) in [5.74, 6) is 2.11. The van der Waals surface area contributed by atoms with Crippen LogP contribution in [0.25, 0.3) is 45.1 Å². The number of nitrogens with zero attached hydrogens (tertiary/aromatic N) is 2. The van der Waals surface area contributed by atoms with E-state index in [1.54, 1.807) is 88.1 Å². The number of aromatic hydroxyl groups is 1. The number of ether oxygens (including phenoxy) is 6. The highest BCUT2D eigenvalue weighted by Gasteiger charge is 2.26. The molecule has 2 heterocycles. The van der Waals surface area contributed by atoms with Crippen LogP contribution in [0, 0.1) is 0 Å². The number of rotatable bonds is 12. The Hall–Kier alpha value is -7.52. The van der Waals surface area contributed by atoms with Crippen LogP contribution in [0.3, 0.4) is 0 Å². The SMILES string of the molecule is C.C.C.COC(=O)C(Br)c1cccc(OC)c1.COc1ccc(O)c(-c2nc3ccccc3o2)c1.COc1cccc(C(Oc2ccc(OC)cc2-c2nc3ccccc3o2)C(=O)O)c1. The van der Waals surface area contributed by atoms with Crippen molar-refractivity contribution < 1.29 is 57.1 Å². The first-order valence-corrected chi connectivity index (χ1v) is 19.6. The summed E-state index contributed by atoms with van der Waals surface area (Å²) in [5, 5.41) is 19.7. The Kier molecular flexibility index (Phi) is 19.4. The van der Waals surface area contributed by atoms with Crippen LogP contribution in [0.1, 0.15) is 44.3 Å². The number of carbonyl (C=O) groups is 2. The first-order valence-electron chi connectivity index (χ1n) is 18.7. The molecule has 0 aliphatic carbocycles. The van der Waals surface area contributed by atoms with E-state index in [-0.39, 0.29) is 34.0 Å². The topological polar surface area (TPSA) is 182 Å². The van der Waals surface area contributed by atoms with E-state index < -0.39 is 16.9 Å². The van der Waals surface area contributed by atoms with Crippen molar-refractivity contribution in [2.24, 2.45) is 0 Å². The van der Waals surface area contributed by atoms with Gasteiger partial charge in [0.15, 0.2) is 11.2 Å². The number of oxazole rings is 2. The summed E-state index contributed by atoms with van der Waals surface area (Å²) in [7, 11) is 7.58. The molecule has 0 aliphatic heterocycles. The van der Waals surface area contributed by atoms with Gasteiger partial charge in [-0.05, 0) is 90.5 Å². The van der Waals surface area contributed by atoms with Gasteiger partial charge in [-0.15, -0.1) is 0 Å². The number of phenolic OH excluding ortho intramolecular Hbond substituents is 1. The summed E-state index contributed by atoms with van der Waals surface area (Å²) in [4.78, 5) is 31.6. The van der Waals surface area contributed by atoms with Crippen LogP contribution >= 0.6 is 15.9 Å². The van der Waals surface area contributed by atoms with Gasteiger partial charge in [-0.1, -0.05) is 86.7 Å². The molecule has 2 N–H and O–H groups in total. The number of para-hydroxylation sites is 4. The molecule has 0 aliphatic rings. The Morgan fingerprint density at radius 2 is 1.03 bits per heavy atom. The molecule has 342 valence electrons. The van der Waals surface area contributed by atoms with E-state index in [2.05, 4.69) is 30.6 Å². The number of carbonyl (C=O) groups excluding carboxylic acids is 1. The second-order valence-corrected chi connectivity index (χ2v) is 13.9. The summed E-state index contributed by atoms with van der Waals surface area (Å²) >= 11 is 3.24. The molecular formula is C50H53BrN2O12. The molecule has 65 heavy (non-hydrogen) atoms. The lowest BCUT2D eigenvalue weighted by atomic mass is 10.1. The van der Waals surface area contributed by atoms with Crippen molar-refractivity contribution in [3.8, 4) is 57.4 Å². The maximum absolute atomic E-state index is 12.0. The number of halogens is 1. The average molecular weight is 954 g/mol. The highest BCUT2D eigenvalue weighted by atomic mass is 79.9. The van der Waals surface area contributed by atoms with Gasteiger partial charge in [0.1, 0.15) is 50.4 Å². The number of fused-ring (bicyclic) bond motifs is 2. The number of aliphatic carboxylic acids is 1. The minimum atomic E-state index is -1.25. The Balaban J connectivity index is 0.000000275. The summed E-state index contributed by atoms with van der Waals surface area (Å²) in [5.41, 5.74) is 5.01. The molecule has 0 fully saturated rings. The fraction of sp³-hybridized carbons (Fsp3) is 0.200. The van der Waals surface area contributed by atoms with E-state index in [1.165, 1.54) is 14.2 Å². The number of phenols is 1. The fourth-order valence-electron chi connectivity index (χ4n) is 5.93. The third kappa shape index (κ3) is 12.8. The van der Waals surface area contributed by atoms with Crippen molar-refractivity contribution >= 4 is 50.1 Å². The van der Waals surface area contributed by atoms with E-state index in [1.807, 2.05) is 66.7 Å². The van der Waals surface area contributed by atoms with Crippen molar-refractivity contribution in [2.45, 2.75) is 33.2 Å². The Labute approximate surface area is 386 Å². The first kappa shape index (κ1) is 51.8. The largest absolute Gasteiger partial charge is 0.507 e. The van der Waals surface area contributed by atoms with Crippen molar-refractivity contribution in [3.05, 3.63) is 145 Å². The molecule has 14 nitrogen and oxygen atoms in total. The van der Waals surface area contributed by atoms with Gasteiger partial charge < -0.3 is 47.5 Å². The van der Waals surface area contributed by atoms with E-state index in [4.69, 9.17) is 32.5 Å². The van der Waals surface area contributed by atoms with Crippen LogP contribution < -0.4 is 23.7 Å². The summed E-state index contributed by atoms with van der Waals surface area (Å²) < 4.78 is 42.7. The highest BCUT2D eigenvalue weighted by molar-refractivity contribution is 9.09. The van der Waals surface area contributed by atoms with Gasteiger partial charge in [0, 0.05) is 5.56 Å². The number of hydrogen-bond acceptors (Lipinski definition) is 13. The molecule has 0 bridgehead atoms. The normalized spacial score (nSPS) is 11.0. The molecule has 8 aromatic rings. The molecule has 0 amide bonds. The molecule has 0 saturated heterocycles. The number of carboxylic acids is 1. The maximum Gasteiger partial charge on any atom is 0.349 e. The molecular weight excluding hydrogens is 900 g/mol. The second-order valence-electron chi connectivity index (χ2n) is 13.0. The molecule has 0 radical (unpaired) electrons. The number of carboxylic acid groups (broad SMARTS) is 1. The average Bonchev–Trinajstić information content (AvgIpc) is 3.96. The zero-order valence-corrected chi connectivity index (χ0v) is 35.7. The predicted molar refractivity (Wildman–Crippen MR) is 255 cm³/mol. The minimum Gasteiger partial charge on any atom is -0.507 e. The minimum absolute atomic E-state index is 0. The van der Waals surface area contributed by atoms with Crippen molar-refractivity contribution in [3.63, 3.8) is 0 Å². The molecule has 0 saturated carbocycles. The third-order valence-electron chi connectivity index (χ3n) is 9.10. The van der Waals surface area contributed by atoms with Crippen LogP contribution in [0.4, 0.5) is 0 Å². The summed E-state index contributed by atoms with van der Waals surface area (Å²) in [6.07, 6.45) is -1.25. The second kappa shape index (κ2) is 24.4. The summed E-state index contributed by atoms with van der Waals surface area (Å²) in [6, 6.07) is 38.8. The van der Waals surface area contributed by atoms with Gasteiger partial charge in [0.05, 0.1) is 46.7 Å². The number of alkyl halides is 1. The number of methoxy groups -OCH3 is 5. The first-order chi connectivity index (χ1) is 30.0. The lowest BCUT2D eigenvalue weighted by Crippen LogP contribution is -2.18. The molecule has 8 rings (SSSR count). The Morgan fingerprint density at radius 1 is 0.569 bits per heavy atom. The maximum atomic E-state index is 12.0. The van der Waals surface area contributed by atoms with Crippen LogP contribution in [-0.2, 0) is 14.3 Å². The number of hydrogen-bond donors (Lipinski definition) is 2. The monoisotopic (exact) mass is 952 g/mol. The van der Waals surface area contributed by atoms with E-state index in [0.29, 0.717) is 68.2 Å². The lowest BCUT2D eigenvalue weighted by molar-refractivity contribution is -0.145. The molecule has 2 atom stereocenters. The van der Waals surface area contributed by atoms with Crippen molar-refractivity contribution in [1.29, 1.82) is 0 Å². The van der Waals surface area contributed by atoms with Crippen LogP contribution in [0.15, 0.2) is 142 Å². The molecule has 2 unspecified atom stereocenters. The van der Waals surface area contributed by atoms with Crippen LogP contribution in [-0.4, -0.2) is 67.7 Å². The molecule has 2 aromatic heterocycles. The van der Waals surface area contributed by atoms with Crippen LogP contribution in [0.5, 0.6) is 34.5 Å². The number of esters is 1. The smallest absolute Gasteiger partial charge is 0.349 e. The molecule has 15 heteroatoms. The lowest BCUT2D eigenvalue weighted by Gasteiger charge is -2.18. The van der Waals surface area contributed by atoms with Crippen molar-refractivity contribution in [1.82, 2.24) is 9.97 Å². The quantitative estimate of drug-likeness (QED) is 0.0871. The molecule has 6 aromatic carbocycles. The van der Waals surface area contributed by atoms with E-state index in [9.17, 15) is 19.8 Å². The number of benzene rings is 6. The summed E-state index contributed by atoms with van der Waals surface area (Å²) in [6.45, 7) is 0. The van der Waals surface area contributed by atoms with Crippen LogP contribution in [0.2, 0.25) is 0 Å². The predicted octanol–water partition coefficient (Wildman–Crippen LogP) is 12.1. The highest BCUT2D eigenvalue weighted by Crippen LogP contribution is 2.38. The van der Waals surface area contributed by atoms with Gasteiger partial charge >= 0.3 is 11.9 Å².